The molecule has 3 heteroatoms. The van der Waals surface area contributed by atoms with Gasteiger partial charge in [0, 0.05) is 26.2 Å². The summed E-state index contributed by atoms with van der Waals surface area (Å²) in [5.74, 6) is 5.16. The maximum absolute atomic E-state index is 5.24. The van der Waals surface area contributed by atoms with Crippen LogP contribution in [0.15, 0.2) is 60.7 Å². The maximum atomic E-state index is 5.24. The van der Waals surface area contributed by atoms with E-state index < -0.39 is 0 Å². The van der Waals surface area contributed by atoms with Gasteiger partial charge in [-0.25, -0.2) is 0 Å². The van der Waals surface area contributed by atoms with E-state index in [9.17, 15) is 0 Å². The van der Waals surface area contributed by atoms with Crippen molar-refractivity contribution in [2.24, 2.45) is 35.5 Å². The molecule has 2 aromatic rings. The highest BCUT2D eigenvalue weighted by Gasteiger charge is 2.14. The Bertz CT molecular complexity index is 866. The van der Waals surface area contributed by atoms with Crippen LogP contribution in [0.5, 0.6) is 0 Å². The van der Waals surface area contributed by atoms with E-state index in [1.165, 1.54) is 108 Å². The molecule has 2 saturated heterocycles. The zero-order chi connectivity index (χ0) is 39.0. The van der Waals surface area contributed by atoms with Gasteiger partial charge in [0.1, 0.15) is 0 Å². The van der Waals surface area contributed by atoms with Gasteiger partial charge >= 0.3 is 0 Å². The van der Waals surface area contributed by atoms with E-state index in [0.717, 1.165) is 61.8 Å². The molecule has 3 fully saturated rings. The molecule has 2 aromatic carbocycles. The topological polar surface area (TPSA) is 15.7 Å². The van der Waals surface area contributed by atoms with Crippen molar-refractivity contribution in [3.8, 4) is 0 Å². The second-order valence-electron chi connectivity index (χ2n) is 17.4. The lowest BCUT2D eigenvalue weighted by Gasteiger charge is -2.27. The molecule has 0 N–H and O–H groups in total. The Balaban J connectivity index is 0.000000617. The average molecular weight is 723 g/mol. The summed E-state index contributed by atoms with van der Waals surface area (Å²) in [6.07, 6.45) is 15.7. The third-order valence-corrected chi connectivity index (χ3v) is 9.30. The average Bonchev–Trinajstić information content (AvgIpc) is 3.11. The second kappa shape index (κ2) is 33.9. The van der Waals surface area contributed by atoms with Gasteiger partial charge in [0.15, 0.2) is 0 Å². The Morgan fingerprint density at radius 1 is 0.481 bits per heavy atom. The van der Waals surface area contributed by atoms with Gasteiger partial charge in [0.2, 0.25) is 0 Å². The molecule has 1 saturated carbocycles. The minimum atomic E-state index is 0.766. The number of piperidine rings is 1. The summed E-state index contributed by atoms with van der Waals surface area (Å²) >= 11 is 0. The molecule has 3 nitrogen and oxygen atoms in total. The molecule has 302 valence electrons. The standard InChI is InChI=1S/C10H20.2C10H14.C9H19N.C8H17NO.C2H6/c4*1-9(2)8-10-6-4-3-5-7-10;1-8(2)7-9-3-5-10-6-4-9;1-2/h9-10H,3-8H2,1-2H3;2*3-7,9H,8H2,1-2H3;9H,3-8H2,1-2H3;8H,3-7H2,1-2H3;1-2H3. The largest absolute Gasteiger partial charge is 0.379 e. The number of rotatable bonds is 10. The lowest BCUT2D eigenvalue weighted by molar-refractivity contribution is 0.0329. The van der Waals surface area contributed by atoms with Crippen molar-refractivity contribution in [2.45, 2.75) is 154 Å². The van der Waals surface area contributed by atoms with E-state index in [2.05, 4.69) is 140 Å². The van der Waals surface area contributed by atoms with Gasteiger partial charge in [0.05, 0.1) is 13.2 Å². The number of nitrogens with zero attached hydrogens (tertiary/aromatic N) is 2. The number of benzene rings is 2. The lowest BCUT2D eigenvalue weighted by atomic mass is 9.84. The fourth-order valence-corrected chi connectivity index (χ4v) is 7.22. The first-order chi connectivity index (χ1) is 24.9. The van der Waals surface area contributed by atoms with Gasteiger partial charge in [-0.3, -0.25) is 4.90 Å². The molecule has 0 unspecified atom stereocenters. The third kappa shape index (κ3) is 31.8. The highest BCUT2D eigenvalue weighted by Crippen LogP contribution is 2.28. The van der Waals surface area contributed by atoms with Crippen LogP contribution in [0.3, 0.4) is 0 Å². The quantitative estimate of drug-likeness (QED) is 0.243. The van der Waals surface area contributed by atoms with Crippen molar-refractivity contribution >= 4 is 0 Å². The fourth-order valence-electron chi connectivity index (χ4n) is 7.22. The minimum absolute atomic E-state index is 0.766. The van der Waals surface area contributed by atoms with Crippen molar-refractivity contribution in [1.29, 1.82) is 0 Å². The molecule has 3 aliphatic rings. The van der Waals surface area contributed by atoms with E-state index in [1.807, 2.05) is 13.8 Å². The Morgan fingerprint density at radius 3 is 1.23 bits per heavy atom. The number of hydrogen-bond donors (Lipinski definition) is 0. The summed E-state index contributed by atoms with van der Waals surface area (Å²) in [7, 11) is 0. The van der Waals surface area contributed by atoms with Crippen LogP contribution in [-0.4, -0.2) is 62.3 Å². The highest BCUT2D eigenvalue weighted by molar-refractivity contribution is 5.15. The normalized spacial score (nSPS) is 16.7. The number of likely N-dealkylation sites (tertiary alicyclic amines) is 1. The molecule has 0 radical (unpaired) electrons. The zero-order valence-corrected chi connectivity index (χ0v) is 37.0. The number of hydrogen-bond acceptors (Lipinski definition) is 3. The fraction of sp³-hybridized carbons (Fsp3) is 0.755. The Morgan fingerprint density at radius 2 is 0.865 bits per heavy atom. The van der Waals surface area contributed by atoms with Crippen molar-refractivity contribution in [3.63, 3.8) is 0 Å². The molecule has 0 amide bonds. The van der Waals surface area contributed by atoms with Gasteiger partial charge in [-0.1, -0.05) is 182 Å². The first-order valence-electron chi connectivity index (χ1n) is 22.0. The van der Waals surface area contributed by atoms with Gasteiger partial charge in [-0.2, -0.15) is 0 Å². The van der Waals surface area contributed by atoms with Gasteiger partial charge in [-0.05, 0) is 91.8 Å². The molecule has 0 spiro atoms. The number of morpholine rings is 1. The molecule has 2 heterocycles. The Kier molecular flexibility index (Phi) is 32.8. The Labute approximate surface area is 327 Å². The van der Waals surface area contributed by atoms with E-state index >= 15 is 0 Å². The van der Waals surface area contributed by atoms with Gasteiger partial charge < -0.3 is 9.64 Å². The molecular formula is C49H90N2O. The summed E-state index contributed by atoms with van der Waals surface area (Å²) in [4.78, 5) is 5.06. The van der Waals surface area contributed by atoms with Crippen molar-refractivity contribution in [3.05, 3.63) is 71.8 Å². The summed E-state index contributed by atoms with van der Waals surface area (Å²) in [5, 5.41) is 0. The molecule has 1 aliphatic carbocycles. The van der Waals surface area contributed by atoms with Crippen molar-refractivity contribution in [1.82, 2.24) is 9.80 Å². The summed E-state index contributed by atoms with van der Waals surface area (Å²) < 4.78 is 5.24. The summed E-state index contributed by atoms with van der Waals surface area (Å²) in [6, 6.07) is 21.2. The van der Waals surface area contributed by atoms with Crippen LogP contribution in [0.4, 0.5) is 0 Å². The minimum Gasteiger partial charge on any atom is -0.379 e. The molecule has 0 atom stereocenters. The highest BCUT2D eigenvalue weighted by atomic mass is 16.5. The van der Waals surface area contributed by atoms with E-state index in [0.29, 0.717) is 0 Å². The smallest absolute Gasteiger partial charge is 0.0594 e. The van der Waals surface area contributed by atoms with Crippen LogP contribution in [0.25, 0.3) is 0 Å². The van der Waals surface area contributed by atoms with Gasteiger partial charge in [0.25, 0.3) is 0 Å². The first-order valence-corrected chi connectivity index (χ1v) is 22.0. The molecular weight excluding hydrogens is 633 g/mol. The van der Waals surface area contributed by atoms with Crippen molar-refractivity contribution < 1.29 is 4.74 Å². The molecule has 52 heavy (non-hydrogen) atoms. The van der Waals surface area contributed by atoms with E-state index in [4.69, 9.17) is 4.74 Å². The summed E-state index contributed by atoms with van der Waals surface area (Å²) in [5.41, 5.74) is 2.88. The van der Waals surface area contributed by atoms with E-state index in [-0.39, 0.29) is 0 Å². The number of ether oxygens (including phenoxy) is 1. The monoisotopic (exact) mass is 723 g/mol. The van der Waals surface area contributed by atoms with Gasteiger partial charge in [-0.15, -0.1) is 0 Å². The third-order valence-electron chi connectivity index (χ3n) is 9.30. The molecule has 0 aromatic heterocycles. The predicted octanol–water partition coefficient (Wildman–Crippen LogP) is 13.5. The second-order valence-corrected chi connectivity index (χ2v) is 17.4. The van der Waals surface area contributed by atoms with Crippen LogP contribution >= 0.6 is 0 Å². The molecule has 0 bridgehead atoms. The molecule has 5 rings (SSSR count). The van der Waals surface area contributed by atoms with Crippen LogP contribution in [-0.2, 0) is 17.6 Å². The Hall–Kier alpha value is -1.68. The maximum Gasteiger partial charge on any atom is 0.0594 e. The van der Waals surface area contributed by atoms with Crippen LogP contribution in [0.1, 0.15) is 152 Å². The van der Waals surface area contributed by atoms with Crippen LogP contribution in [0, 0.1) is 35.5 Å². The van der Waals surface area contributed by atoms with Crippen molar-refractivity contribution in [2.75, 3.05) is 52.5 Å². The van der Waals surface area contributed by atoms with Crippen LogP contribution in [0.2, 0.25) is 0 Å². The SMILES string of the molecule is CC.CC(C)CC1CCCCC1.CC(C)CN1CCCCC1.CC(C)CN1CCOCC1.CC(C)Cc1ccccc1.CC(C)Cc1ccccc1. The zero-order valence-electron chi connectivity index (χ0n) is 37.0. The predicted molar refractivity (Wildman–Crippen MR) is 235 cm³/mol. The van der Waals surface area contributed by atoms with E-state index in [1.54, 1.807) is 0 Å². The molecule has 2 aliphatic heterocycles. The lowest BCUT2D eigenvalue weighted by Crippen LogP contribution is -2.38. The van der Waals surface area contributed by atoms with Crippen LogP contribution < -0.4 is 0 Å². The first kappa shape index (κ1) is 50.3. The summed E-state index contributed by atoms with van der Waals surface area (Å²) in [6.45, 7) is 36.1.